The van der Waals surface area contributed by atoms with Gasteiger partial charge in [-0.15, -0.1) is 0 Å². The molecule has 1 nitrogen and oxygen atoms in total. The van der Waals surface area contributed by atoms with Crippen LogP contribution in [0.3, 0.4) is 0 Å². The fourth-order valence-electron chi connectivity index (χ4n) is 1.34. The third kappa shape index (κ3) is 3.23. The van der Waals surface area contributed by atoms with Crippen molar-refractivity contribution in [3.8, 4) is 0 Å². The van der Waals surface area contributed by atoms with Crippen LogP contribution in [0.1, 0.15) is 18.1 Å². The molecule has 0 saturated heterocycles. The van der Waals surface area contributed by atoms with Crippen LogP contribution < -0.4 is 0 Å². The van der Waals surface area contributed by atoms with E-state index in [0.717, 1.165) is 6.07 Å². The second kappa shape index (κ2) is 4.87. The van der Waals surface area contributed by atoms with E-state index in [9.17, 15) is 18.0 Å². The molecule has 0 aliphatic heterocycles. The maximum atomic E-state index is 12.5. The molecule has 0 spiro atoms. The van der Waals surface area contributed by atoms with Gasteiger partial charge in [-0.25, -0.2) is 0 Å². The Hall–Kier alpha value is -1.03. The van der Waals surface area contributed by atoms with E-state index in [-0.39, 0.29) is 17.4 Å². The Balaban J connectivity index is 3.03. The standard InChI is InChI=1S/C11H10ClF3O/c1-7(6-16)4-8-2-3-10(12)9(5-8)11(13,14)15/h2-3,5-7H,4H2,1H3. The van der Waals surface area contributed by atoms with Crippen LogP contribution in [0.5, 0.6) is 0 Å². The fourth-order valence-corrected chi connectivity index (χ4v) is 1.56. The van der Waals surface area contributed by atoms with Crippen LogP contribution >= 0.6 is 11.6 Å². The van der Waals surface area contributed by atoms with Gasteiger partial charge in [-0.3, -0.25) is 0 Å². The normalized spacial score (nSPS) is 13.6. The second-order valence-electron chi connectivity index (χ2n) is 3.63. The van der Waals surface area contributed by atoms with Crippen LogP contribution in [0, 0.1) is 5.92 Å². The summed E-state index contributed by atoms with van der Waals surface area (Å²) in [5, 5.41) is -0.324. The first-order valence-electron chi connectivity index (χ1n) is 4.65. The number of carbonyl (C=O) groups is 1. The monoisotopic (exact) mass is 250 g/mol. The number of rotatable bonds is 3. The zero-order valence-corrected chi connectivity index (χ0v) is 9.27. The van der Waals surface area contributed by atoms with Crippen molar-refractivity contribution in [2.45, 2.75) is 19.5 Å². The van der Waals surface area contributed by atoms with Crippen LogP contribution in [-0.2, 0) is 17.4 Å². The fraction of sp³-hybridized carbons (Fsp3) is 0.364. The lowest BCUT2D eigenvalue weighted by molar-refractivity contribution is -0.137. The molecule has 5 heteroatoms. The van der Waals surface area contributed by atoms with Gasteiger partial charge in [0.2, 0.25) is 0 Å². The minimum Gasteiger partial charge on any atom is -0.303 e. The minimum absolute atomic E-state index is 0.281. The molecule has 16 heavy (non-hydrogen) atoms. The molecule has 0 N–H and O–H groups in total. The zero-order chi connectivity index (χ0) is 12.3. The van der Waals surface area contributed by atoms with Crippen molar-refractivity contribution in [1.82, 2.24) is 0 Å². The van der Waals surface area contributed by atoms with Crippen molar-refractivity contribution in [2.75, 3.05) is 0 Å². The molecule has 0 bridgehead atoms. The van der Waals surface area contributed by atoms with Gasteiger partial charge in [0, 0.05) is 5.92 Å². The summed E-state index contributed by atoms with van der Waals surface area (Å²) in [5.41, 5.74) is -0.402. The molecule has 0 fully saturated rings. The SMILES string of the molecule is CC(C=O)Cc1ccc(Cl)c(C(F)(F)F)c1. The Morgan fingerprint density at radius 2 is 2.06 bits per heavy atom. The van der Waals surface area contributed by atoms with Crippen molar-refractivity contribution in [3.63, 3.8) is 0 Å². The Labute approximate surface area is 96.2 Å². The average Bonchev–Trinajstić information content (AvgIpc) is 2.19. The molecule has 1 aromatic carbocycles. The van der Waals surface area contributed by atoms with Crippen LogP contribution in [0.2, 0.25) is 5.02 Å². The predicted molar refractivity (Wildman–Crippen MR) is 55.4 cm³/mol. The van der Waals surface area contributed by atoms with Crippen LogP contribution in [0.15, 0.2) is 18.2 Å². The first-order valence-corrected chi connectivity index (χ1v) is 5.03. The first kappa shape index (κ1) is 13.0. The smallest absolute Gasteiger partial charge is 0.303 e. The molecule has 88 valence electrons. The molecule has 0 radical (unpaired) electrons. The van der Waals surface area contributed by atoms with Gasteiger partial charge in [0.05, 0.1) is 10.6 Å². The molecule has 0 heterocycles. The van der Waals surface area contributed by atoms with Gasteiger partial charge in [-0.2, -0.15) is 13.2 Å². The molecule has 0 aromatic heterocycles. The lowest BCUT2D eigenvalue weighted by atomic mass is 10.0. The molecule has 1 rings (SSSR count). The van der Waals surface area contributed by atoms with Crippen LogP contribution in [0.4, 0.5) is 13.2 Å². The number of alkyl halides is 3. The summed E-state index contributed by atoms with van der Waals surface area (Å²) in [6.45, 7) is 1.65. The van der Waals surface area contributed by atoms with Crippen molar-refractivity contribution in [3.05, 3.63) is 34.3 Å². The van der Waals surface area contributed by atoms with Gasteiger partial charge in [0.1, 0.15) is 6.29 Å². The van der Waals surface area contributed by atoms with Crippen molar-refractivity contribution in [1.29, 1.82) is 0 Å². The van der Waals surface area contributed by atoms with Gasteiger partial charge in [-0.05, 0) is 24.1 Å². The largest absolute Gasteiger partial charge is 0.417 e. The van der Waals surface area contributed by atoms with Crippen molar-refractivity contribution < 1.29 is 18.0 Å². The van der Waals surface area contributed by atoms with E-state index >= 15 is 0 Å². The highest BCUT2D eigenvalue weighted by Crippen LogP contribution is 2.35. The number of aldehydes is 1. The Morgan fingerprint density at radius 1 is 1.44 bits per heavy atom. The lowest BCUT2D eigenvalue weighted by Gasteiger charge is -2.11. The highest BCUT2D eigenvalue weighted by Gasteiger charge is 2.33. The summed E-state index contributed by atoms with van der Waals surface area (Å²) in [5.74, 6) is -0.303. The van der Waals surface area contributed by atoms with Crippen LogP contribution in [0.25, 0.3) is 0 Å². The Kier molecular flexibility index (Phi) is 3.97. The third-order valence-corrected chi connectivity index (χ3v) is 2.46. The van der Waals surface area contributed by atoms with Gasteiger partial charge in [0.25, 0.3) is 0 Å². The average molecular weight is 251 g/mol. The molecule has 0 aliphatic rings. The lowest BCUT2D eigenvalue weighted by Crippen LogP contribution is -2.08. The van der Waals surface area contributed by atoms with E-state index in [1.165, 1.54) is 12.1 Å². The number of hydrogen-bond acceptors (Lipinski definition) is 1. The number of halogens is 4. The highest BCUT2D eigenvalue weighted by molar-refractivity contribution is 6.31. The molecule has 1 aromatic rings. The van der Waals surface area contributed by atoms with E-state index in [1.807, 2.05) is 0 Å². The van der Waals surface area contributed by atoms with Gasteiger partial charge in [0.15, 0.2) is 0 Å². The quantitative estimate of drug-likeness (QED) is 0.747. The maximum absolute atomic E-state index is 12.5. The Bertz CT molecular complexity index is 387. The van der Waals surface area contributed by atoms with Gasteiger partial charge < -0.3 is 4.79 Å². The molecule has 0 saturated carbocycles. The summed E-state index contributed by atoms with van der Waals surface area (Å²) in [6.07, 6.45) is -3.47. The zero-order valence-electron chi connectivity index (χ0n) is 8.51. The molecule has 0 aliphatic carbocycles. The molecular formula is C11H10ClF3O. The summed E-state index contributed by atoms with van der Waals surface area (Å²) in [7, 11) is 0. The predicted octanol–water partition coefficient (Wildman–Crippen LogP) is 3.74. The van der Waals surface area contributed by atoms with E-state index < -0.39 is 11.7 Å². The second-order valence-corrected chi connectivity index (χ2v) is 4.04. The van der Waals surface area contributed by atoms with E-state index in [4.69, 9.17) is 11.6 Å². The first-order chi connectivity index (χ1) is 7.34. The number of hydrogen-bond donors (Lipinski definition) is 0. The number of benzene rings is 1. The van der Waals surface area contributed by atoms with E-state index in [0.29, 0.717) is 11.8 Å². The summed E-state index contributed by atoms with van der Waals surface area (Å²) >= 11 is 5.46. The van der Waals surface area contributed by atoms with E-state index in [2.05, 4.69) is 0 Å². The molecule has 1 unspecified atom stereocenters. The van der Waals surface area contributed by atoms with Gasteiger partial charge >= 0.3 is 6.18 Å². The summed E-state index contributed by atoms with van der Waals surface area (Å²) in [6, 6.07) is 3.69. The molecular weight excluding hydrogens is 241 g/mol. The maximum Gasteiger partial charge on any atom is 0.417 e. The summed E-state index contributed by atoms with van der Waals surface area (Å²) in [4.78, 5) is 10.4. The molecule has 0 amide bonds. The van der Waals surface area contributed by atoms with Crippen molar-refractivity contribution in [2.24, 2.45) is 5.92 Å². The summed E-state index contributed by atoms with van der Waals surface area (Å²) < 4.78 is 37.5. The van der Waals surface area contributed by atoms with Crippen LogP contribution in [-0.4, -0.2) is 6.29 Å². The third-order valence-electron chi connectivity index (χ3n) is 2.13. The van der Waals surface area contributed by atoms with Gasteiger partial charge in [-0.1, -0.05) is 24.6 Å². The van der Waals surface area contributed by atoms with E-state index in [1.54, 1.807) is 6.92 Å². The van der Waals surface area contributed by atoms with Crippen molar-refractivity contribution >= 4 is 17.9 Å². The number of carbonyl (C=O) groups excluding carboxylic acids is 1. The Morgan fingerprint density at radius 3 is 2.56 bits per heavy atom. The highest BCUT2D eigenvalue weighted by atomic mass is 35.5. The minimum atomic E-state index is -4.46. The topological polar surface area (TPSA) is 17.1 Å². The molecule has 1 atom stereocenters.